The number of carbonyl (C=O) groups excluding carboxylic acids is 1. The standard InChI is InChI=1S/C19H15N5O2/c25-18(15-9-20-6-7-21-15)24-11-19(12-24)14-8-22-17(23-16(14)10-26-19)13-4-2-1-3-5-13/h1-9H,10-12H2. The Kier molecular flexibility index (Phi) is 3.29. The van der Waals surface area contributed by atoms with Gasteiger partial charge in [0.25, 0.3) is 5.91 Å². The minimum Gasteiger partial charge on any atom is -0.360 e. The highest BCUT2D eigenvalue weighted by Crippen LogP contribution is 2.43. The van der Waals surface area contributed by atoms with Gasteiger partial charge in [-0.1, -0.05) is 30.3 Å². The zero-order chi connectivity index (χ0) is 17.6. The first-order chi connectivity index (χ1) is 12.8. The quantitative estimate of drug-likeness (QED) is 0.705. The minimum absolute atomic E-state index is 0.136. The molecule has 2 aliphatic rings. The SMILES string of the molecule is O=C(c1cnccn1)N1CC2(C1)OCc1nc(-c3ccccc3)ncc12. The minimum atomic E-state index is -0.498. The van der Waals surface area contributed by atoms with Crippen LogP contribution < -0.4 is 0 Å². The topological polar surface area (TPSA) is 81.1 Å². The number of fused-ring (bicyclic) bond motifs is 2. The first-order valence-electron chi connectivity index (χ1n) is 8.36. The molecule has 0 saturated carbocycles. The maximum Gasteiger partial charge on any atom is 0.274 e. The third-order valence-electron chi connectivity index (χ3n) is 4.84. The number of amides is 1. The van der Waals surface area contributed by atoms with Crippen molar-refractivity contribution in [3.63, 3.8) is 0 Å². The molecule has 1 spiro atoms. The Bertz CT molecular complexity index is 972. The fourth-order valence-corrected chi connectivity index (χ4v) is 3.47. The van der Waals surface area contributed by atoms with Gasteiger partial charge in [0.1, 0.15) is 11.3 Å². The Morgan fingerprint density at radius 2 is 1.92 bits per heavy atom. The number of carbonyl (C=O) groups is 1. The molecular formula is C19H15N5O2. The van der Waals surface area contributed by atoms with Crippen LogP contribution >= 0.6 is 0 Å². The van der Waals surface area contributed by atoms with Crippen LogP contribution in [0.5, 0.6) is 0 Å². The number of ether oxygens (including phenoxy) is 1. The van der Waals surface area contributed by atoms with Gasteiger partial charge in [0.15, 0.2) is 5.82 Å². The maximum absolute atomic E-state index is 12.5. The van der Waals surface area contributed by atoms with Crippen LogP contribution in [0.1, 0.15) is 21.7 Å². The Labute approximate surface area is 149 Å². The van der Waals surface area contributed by atoms with Gasteiger partial charge in [-0.05, 0) is 0 Å². The van der Waals surface area contributed by atoms with Crippen molar-refractivity contribution in [1.29, 1.82) is 0 Å². The van der Waals surface area contributed by atoms with Gasteiger partial charge in [0.2, 0.25) is 0 Å². The molecule has 26 heavy (non-hydrogen) atoms. The highest BCUT2D eigenvalue weighted by molar-refractivity contribution is 5.92. The lowest BCUT2D eigenvalue weighted by Gasteiger charge is -2.46. The normalized spacial score (nSPS) is 17.0. The number of rotatable bonds is 2. The first kappa shape index (κ1) is 15.1. The summed E-state index contributed by atoms with van der Waals surface area (Å²) in [6.45, 7) is 1.39. The van der Waals surface area contributed by atoms with Crippen LogP contribution in [-0.2, 0) is 16.9 Å². The van der Waals surface area contributed by atoms with Crippen LogP contribution in [0, 0.1) is 0 Å². The molecule has 128 valence electrons. The lowest BCUT2D eigenvalue weighted by molar-refractivity contribution is -0.126. The second-order valence-corrected chi connectivity index (χ2v) is 6.45. The van der Waals surface area contributed by atoms with Crippen LogP contribution in [0.4, 0.5) is 0 Å². The van der Waals surface area contributed by atoms with E-state index in [1.807, 2.05) is 36.5 Å². The molecule has 1 saturated heterocycles. The number of aromatic nitrogens is 4. The molecule has 2 aliphatic heterocycles. The van der Waals surface area contributed by atoms with Gasteiger partial charge in [0.05, 0.1) is 31.6 Å². The van der Waals surface area contributed by atoms with Crippen molar-refractivity contribution in [2.24, 2.45) is 0 Å². The molecule has 0 N–H and O–H groups in total. The van der Waals surface area contributed by atoms with E-state index in [-0.39, 0.29) is 5.91 Å². The zero-order valence-corrected chi connectivity index (χ0v) is 13.9. The summed E-state index contributed by atoms with van der Waals surface area (Å²) in [6, 6.07) is 9.86. The van der Waals surface area contributed by atoms with E-state index in [2.05, 4.69) is 19.9 Å². The third-order valence-corrected chi connectivity index (χ3v) is 4.84. The fourth-order valence-electron chi connectivity index (χ4n) is 3.47. The van der Waals surface area contributed by atoms with E-state index in [4.69, 9.17) is 4.74 Å². The van der Waals surface area contributed by atoms with E-state index in [1.165, 1.54) is 12.4 Å². The van der Waals surface area contributed by atoms with Crippen molar-refractivity contribution in [1.82, 2.24) is 24.8 Å². The lowest BCUT2D eigenvalue weighted by atomic mass is 9.87. The Balaban J connectivity index is 1.38. The zero-order valence-electron chi connectivity index (χ0n) is 13.9. The van der Waals surface area contributed by atoms with Gasteiger partial charge < -0.3 is 9.64 Å². The van der Waals surface area contributed by atoms with Crippen molar-refractivity contribution < 1.29 is 9.53 Å². The summed E-state index contributed by atoms with van der Waals surface area (Å²) in [5.74, 6) is 0.555. The van der Waals surface area contributed by atoms with Gasteiger partial charge in [-0.25, -0.2) is 15.0 Å². The van der Waals surface area contributed by atoms with E-state index in [0.717, 1.165) is 16.8 Å². The maximum atomic E-state index is 12.5. The van der Waals surface area contributed by atoms with E-state index in [0.29, 0.717) is 31.2 Å². The number of hydrogen-bond donors (Lipinski definition) is 0. The first-order valence-corrected chi connectivity index (χ1v) is 8.36. The van der Waals surface area contributed by atoms with Gasteiger partial charge in [0, 0.05) is 29.7 Å². The van der Waals surface area contributed by atoms with Crippen LogP contribution in [0.15, 0.2) is 55.1 Å². The fraction of sp³-hybridized carbons (Fsp3) is 0.211. The second kappa shape index (κ2) is 5.67. The molecule has 1 aromatic carbocycles. The van der Waals surface area contributed by atoms with Crippen molar-refractivity contribution in [2.75, 3.05) is 13.1 Å². The molecule has 0 unspecified atom stereocenters. The second-order valence-electron chi connectivity index (χ2n) is 6.45. The van der Waals surface area contributed by atoms with Crippen molar-refractivity contribution >= 4 is 5.91 Å². The van der Waals surface area contributed by atoms with Crippen LogP contribution in [0.2, 0.25) is 0 Å². The molecule has 0 aliphatic carbocycles. The van der Waals surface area contributed by atoms with Crippen LogP contribution in [0.3, 0.4) is 0 Å². The molecule has 1 fully saturated rings. The molecule has 7 heteroatoms. The van der Waals surface area contributed by atoms with E-state index in [1.54, 1.807) is 11.1 Å². The highest BCUT2D eigenvalue weighted by Gasteiger charge is 2.52. The van der Waals surface area contributed by atoms with E-state index >= 15 is 0 Å². The highest BCUT2D eigenvalue weighted by atomic mass is 16.5. The smallest absolute Gasteiger partial charge is 0.274 e. The molecule has 4 heterocycles. The molecule has 0 bridgehead atoms. The molecule has 2 aromatic heterocycles. The van der Waals surface area contributed by atoms with E-state index in [9.17, 15) is 4.79 Å². The molecule has 5 rings (SSSR count). The molecule has 0 atom stereocenters. The van der Waals surface area contributed by atoms with Crippen LogP contribution in [-0.4, -0.2) is 43.8 Å². The largest absolute Gasteiger partial charge is 0.360 e. The van der Waals surface area contributed by atoms with Gasteiger partial charge >= 0.3 is 0 Å². The van der Waals surface area contributed by atoms with Gasteiger partial charge in [-0.2, -0.15) is 0 Å². The van der Waals surface area contributed by atoms with Gasteiger partial charge in [-0.3, -0.25) is 9.78 Å². The summed E-state index contributed by atoms with van der Waals surface area (Å²) in [7, 11) is 0. The molecular weight excluding hydrogens is 330 g/mol. The molecule has 7 nitrogen and oxygen atoms in total. The molecule has 0 radical (unpaired) electrons. The Morgan fingerprint density at radius 1 is 1.08 bits per heavy atom. The monoisotopic (exact) mass is 345 g/mol. The summed E-state index contributed by atoms with van der Waals surface area (Å²) in [5, 5.41) is 0. The number of likely N-dealkylation sites (tertiary alicyclic amines) is 1. The predicted octanol–water partition coefficient (Wildman–Crippen LogP) is 1.82. The summed E-state index contributed by atoms with van der Waals surface area (Å²) in [6.07, 6.45) is 6.38. The predicted molar refractivity (Wildman–Crippen MR) is 91.9 cm³/mol. The summed E-state index contributed by atoms with van der Waals surface area (Å²) in [4.78, 5) is 31.4. The lowest BCUT2D eigenvalue weighted by Crippen LogP contribution is -2.61. The van der Waals surface area contributed by atoms with Gasteiger partial charge in [-0.15, -0.1) is 0 Å². The Morgan fingerprint density at radius 3 is 2.69 bits per heavy atom. The average molecular weight is 345 g/mol. The number of hydrogen-bond acceptors (Lipinski definition) is 6. The summed E-state index contributed by atoms with van der Waals surface area (Å²) < 4.78 is 6.02. The molecule has 1 amide bonds. The average Bonchev–Trinajstić information content (AvgIpc) is 3.07. The molecule has 3 aromatic rings. The summed E-state index contributed by atoms with van der Waals surface area (Å²) >= 11 is 0. The van der Waals surface area contributed by atoms with Crippen molar-refractivity contribution in [3.05, 3.63) is 72.1 Å². The van der Waals surface area contributed by atoms with Crippen LogP contribution in [0.25, 0.3) is 11.4 Å². The number of nitrogens with zero attached hydrogens (tertiary/aromatic N) is 5. The Hall–Kier alpha value is -3.19. The van der Waals surface area contributed by atoms with Crippen molar-refractivity contribution in [2.45, 2.75) is 12.2 Å². The third kappa shape index (κ3) is 2.28. The van der Waals surface area contributed by atoms with Crippen molar-refractivity contribution in [3.8, 4) is 11.4 Å². The summed E-state index contributed by atoms with van der Waals surface area (Å²) in [5.41, 5.74) is 2.69. The number of benzene rings is 1. The van der Waals surface area contributed by atoms with E-state index < -0.39 is 5.60 Å².